The molecular weight excluding hydrogens is 276 g/mol. The van der Waals surface area contributed by atoms with E-state index >= 15 is 0 Å². The molecule has 2 aliphatic heterocycles. The average molecular weight is 302 g/mol. The number of anilines is 1. The van der Waals surface area contributed by atoms with Gasteiger partial charge in [-0.15, -0.1) is 5.10 Å². The fraction of sp³-hybridized carbons (Fsp3) is 0.765. The molecule has 3 aliphatic rings. The normalized spacial score (nSPS) is 32.5. The zero-order chi connectivity index (χ0) is 15.0. The Balaban J connectivity index is 1.35. The van der Waals surface area contributed by atoms with Gasteiger partial charge in [0.1, 0.15) is 5.82 Å². The fourth-order valence-corrected chi connectivity index (χ4v) is 3.92. The van der Waals surface area contributed by atoms with Crippen LogP contribution in [-0.4, -0.2) is 53.0 Å². The summed E-state index contributed by atoms with van der Waals surface area (Å²) in [5, 5.41) is 11.8. The summed E-state index contributed by atoms with van der Waals surface area (Å²) < 4.78 is 6.27. The van der Waals surface area contributed by atoms with E-state index in [1.54, 1.807) is 0 Å². The van der Waals surface area contributed by atoms with Crippen molar-refractivity contribution in [1.82, 2.24) is 15.1 Å². The van der Waals surface area contributed by atoms with Crippen LogP contribution in [0.1, 0.15) is 37.8 Å². The topological polar surface area (TPSA) is 50.3 Å². The Kier molecular flexibility index (Phi) is 3.78. The van der Waals surface area contributed by atoms with Crippen molar-refractivity contribution in [3.05, 3.63) is 17.8 Å². The van der Waals surface area contributed by atoms with Crippen molar-refractivity contribution in [1.29, 1.82) is 0 Å². The highest BCUT2D eigenvalue weighted by atomic mass is 16.5. The van der Waals surface area contributed by atoms with Crippen molar-refractivity contribution < 1.29 is 4.74 Å². The molecule has 22 heavy (non-hydrogen) atoms. The van der Waals surface area contributed by atoms with Crippen molar-refractivity contribution in [3.8, 4) is 0 Å². The van der Waals surface area contributed by atoms with Crippen molar-refractivity contribution >= 4 is 5.82 Å². The molecule has 3 fully saturated rings. The van der Waals surface area contributed by atoms with Crippen LogP contribution >= 0.6 is 0 Å². The van der Waals surface area contributed by atoms with E-state index in [0.29, 0.717) is 6.04 Å². The molecule has 0 aromatic carbocycles. The number of nitrogens with one attached hydrogen (secondary N) is 1. The Hall–Kier alpha value is -1.20. The zero-order valence-electron chi connectivity index (χ0n) is 13.4. The molecule has 3 heterocycles. The summed E-state index contributed by atoms with van der Waals surface area (Å²) in [5.41, 5.74) is 1.02. The Morgan fingerprint density at radius 3 is 3.05 bits per heavy atom. The molecule has 1 aromatic heterocycles. The summed E-state index contributed by atoms with van der Waals surface area (Å²) in [4.78, 5) is 2.63. The first-order valence-electron chi connectivity index (χ1n) is 8.64. The number of hydrogen-bond donors (Lipinski definition) is 1. The number of aromatic nitrogens is 2. The molecule has 1 spiro atoms. The summed E-state index contributed by atoms with van der Waals surface area (Å²) in [6.45, 7) is 6.39. The van der Waals surface area contributed by atoms with E-state index in [0.717, 1.165) is 37.0 Å². The van der Waals surface area contributed by atoms with Gasteiger partial charge in [0.15, 0.2) is 0 Å². The third kappa shape index (κ3) is 3.25. The molecule has 0 radical (unpaired) electrons. The number of piperidine rings is 1. The molecule has 0 amide bonds. The Morgan fingerprint density at radius 2 is 2.27 bits per heavy atom. The van der Waals surface area contributed by atoms with E-state index in [9.17, 15) is 0 Å². The minimum absolute atomic E-state index is 0.0724. The molecule has 4 rings (SSSR count). The number of nitrogens with zero attached hydrogens (tertiary/aromatic N) is 3. The van der Waals surface area contributed by atoms with Crippen molar-refractivity contribution in [3.63, 3.8) is 0 Å². The highest BCUT2D eigenvalue weighted by Gasteiger charge is 2.44. The summed E-state index contributed by atoms with van der Waals surface area (Å²) in [5.74, 6) is 1.83. The number of rotatable bonds is 4. The quantitative estimate of drug-likeness (QED) is 0.924. The second-order valence-corrected chi connectivity index (χ2v) is 7.38. The third-order valence-electron chi connectivity index (χ3n) is 5.19. The number of aryl methyl sites for hydroxylation is 1. The van der Waals surface area contributed by atoms with Crippen LogP contribution in [0.25, 0.3) is 0 Å². The maximum atomic E-state index is 6.27. The maximum absolute atomic E-state index is 6.27. The molecule has 1 N–H and O–H groups in total. The molecule has 0 bridgehead atoms. The monoisotopic (exact) mass is 302 g/mol. The van der Waals surface area contributed by atoms with Gasteiger partial charge in [-0.3, -0.25) is 0 Å². The predicted octanol–water partition coefficient (Wildman–Crippen LogP) is 2.23. The van der Waals surface area contributed by atoms with Crippen LogP contribution < -0.4 is 5.32 Å². The van der Waals surface area contributed by atoms with Gasteiger partial charge in [-0.05, 0) is 57.2 Å². The SMILES string of the molecule is Cc1ccc(N[C@@H]2CO[C@]3(CCCN(CC4CC4)C3)C2)nn1. The van der Waals surface area contributed by atoms with Gasteiger partial charge in [-0.1, -0.05) is 0 Å². The summed E-state index contributed by atoms with van der Waals surface area (Å²) >= 11 is 0. The van der Waals surface area contributed by atoms with Crippen LogP contribution in [0.5, 0.6) is 0 Å². The van der Waals surface area contributed by atoms with Crippen LogP contribution in [0.2, 0.25) is 0 Å². The largest absolute Gasteiger partial charge is 0.371 e. The van der Waals surface area contributed by atoms with Gasteiger partial charge >= 0.3 is 0 Å². The Bertz CT molecular complexity index is 516. The van der Waals surface area contributed by atoms with Crippen molar-refractivity contribution in [2.45, 2.75) is 50.7 Å². The zero-order valence-corrected chi connectivity index (χ0v) is 13.4. The summed E-state index contributed by atoms with van der Waals surface area (Å²) in [6.07, 6.45) is 6.42. The lowest BCUT2D eigenvalue weighted by molar-refractivity contribution is -0.0521. The van der Waals surface area contributed by atoms with Gasteiger partial charge in [0.25, 0.3) is 0 Å². The minimum Gasteiger partial charge on any atom is -0.371 e. The summed E-state index contributed by atoms with van der Waals surface area (Å²) in [6, 6.07) is 4.37. The molecule has 5 nitrogen and oxygen atoms in total. The van der Waals surface area contributed by atoms with E-state index < -0.39 is 0 Å². The highest BCUT2D eigenvalue weighted by Crippen LogP contribution is 2.37. The van der Waals surface area contributed by atoms with Crippen LogP contribution in [0.15, 0.2) is 12.1 Å². The second-order valence-electron chi connectivity index (χ2n) is 7.38. The predicted molar refractivity (Wildman–Crippen MR) is 85.9 cm³/mol. The molecular formula is C17H26N4O. The highest BCUT2D eigenvalue weighted by molar-refractivity contribution is 5.34. The molecule has 120 valence electrons. The van der Waals surface area contributed by atoms with E-state index in [-0.39, 0.29) is 5.60 Å². The molecule has 1 aliphatic carbocycles. The van der Waals surface area contributed by atoms with Crippen LogP contribution in [-0.2, 0) is 4.74 Å². The molecule has 0 unspecified atom stereocenters. The molecule has 2 saturated heterocycles. The van der Waals surface area contributed by atoms with Crippen molar-refractivity contribution in [2.75, 3.05) is 31.6 Å². The van der Waals surface area contributed by atoms with Crippen LogP contribution in [0.4, 0.5) is 5.82 Å². The van der Waals surface area contributed by atoms with Crippen LogP contribution in [0, 0.1) is 12.8 Å². The first-order valence-corrected chi connectivity index (χ1v) is 8.64. The minimum atomic E-state index is 0.0724. The van der Waals surface area contributed by atoms with Gasteiger partial charge < -0.3 is 15.0 Å². The van der Waals surface area contributed by atoms with Gasteiger partial charge in [0.05, 0.1) is 23.9 Å². The lowest BCUT2D eigenvalue weighted by Crippen LogP contribution is -2.48. The smallest absolute Gasteiger partial charge is 0.148 e. The fourth-order valence-electron chi connectivity index (χ4n) is 3.92. The van der Waals surface area contributed by atoms with Crippen molar-refractivity contribution in [2.24, 2.45) is 5.92 Å². The van der Waals surface area contributed by atoms with Gasteiger partial charge in [0.2, 0.25) is 0 Å². The lowest BCUT2D eigenvalue weighted by Gasteiger charge is -2.39. The summed E-state index contributed by atoms with van der Waals surface area (Å²) in [7, 11) is 0. The molecule has 5 heteroatoms. The standard InChI is InChI=1S/C17H26N4O/c1-13-3-6-16(20-19-13)18-15-9-17(22-11-15)7-2-8-21(12-17)10-14-4-5-14/h3,6,14-15H,2,4-5,7-12H2,1H3,(H,18,20)/t15-,17+/m0/s1. The lowest BCUT2D eigenvalue weighted by atomic mass is 9.88. The first kappa shape index (κ1) is 14.4. The van der Waals surface area contributed by atoms with Crippen LogP contribution in [0.3, 0.4) is 0 Å². The average Bonchev–Trinajstić information content (AvgIpc) is 3.24. The van der Waals surface area contributed by atoms with Gasteiger partial charge in [0, 0.05) is 19.5 Å². The molecule has 1 aromatic rings. The van der Waals surface area contributed by atoms with E-state index in [1.165, 1.54) is 38.8 Å². The Morgan fingerprint density at radius 1 is 1.36 bits per heavy atom. The van der Waals surface area contributed by atoms with E-state index in [2.05, 4.69) is 20.4 Å². The number of hydrogen-bond acceptors (Lipinski definition) is 5. The van der Waals surface area contributed by atoms with Gasteiger partial charge in [-0.2, -0.15) is 5.10 Å². The molecule has 2 atom stereocenters. The van der Waals surface area contributed by atoms with E-state index in [4.69, 9.17) is 4.74 Å². The van der Waals surface area contributed by atoms with Gasteiger partial charge in [-0.25, -0.2) is 0 Å². The Labute approximate surface area is 132 Å². The first-order chi connectivity index (χ1) is 10.7. The third-order valence-corrected chi connectivity index (χ3v) is 5.19. The van der Waals surface area contributed by atoms with E-state index in [1.807, 2.05) is 19.1 Å². The number of likely N-dealkylation sites (tertiary alicyclic amines) is 1. The maximum Gasteiger partial charge on any atom is 0.148 e. The molecule has 1 saturated carbocycles. The number of ether oxygens (including phenoxy) is 1. The second kappa shape index (κ2) is 5.78.